The zero-order chi connectivity index (χ0) is 17.2. The van der Waals surface area contributed by atoms with Crippen molar-refractivity contribution in [1.29, 1.82) is 0 Å². The second-order valence-electron chi connectivity index (χ2n) is 7.81. The summed E-state index contributed by atoms with van der Waals surface area (Å²) in [6.07, 6.45) is 6.54. The fourth-order valence-electron chi connectivity index (χ4n) is 4.92. The maximum Gasteiger partial charge on any atom is 0.317 e. The number of morpholine rings is 1. The van der Waals surface area contributed by atoms with Gasteiger partial charge in [-0.25, -0.2) is 9.18 Å². The maximum atomic E-state index is 13.1. The molecule has 136 valence electrons. The number of halogens is 1. The van der Waals surface area contributed by atoms with Crippen LogP contribution in [0.2, 0.25) is 0 Å². The van der Waals surface area contributed by atoms with Gasteiger partial charge < -0.3 is 15.0 Å². The molecule has 1 saturated heterocycles. The molecule has 5 heteroatoms. The van der Waals surface area contributed by atoms with Crippen LogP contribution in [0.25, 0.3) is 0 Å². The lowest BCUT2D eigenvalue weighted by atomic mass is 9.86. The van der Waals surface area contributed by atoms with Crippen molar-refractivity contribution in [1.82, 2.24) is 10.2 Å². The quantitative estimate of drug-likeness (QED) is 0.902. The van der Waals surface area contributed by atoms with Crippen LogP contribution in [0.15, 0.2) is 24.3 Å². The standard InChI is InChI=1S/C20H27FN2O2/c21-18-5-3-15(4-6-18)19-13-23(9-10-25-19)20(24)22-8-7-17-12-14-1-2-16(17)11-14/h3-6,14,16-17,19H,1-2,7-13H2,(H,22,24)/t14-,16-,17+,19-/m0/s1. The van der Waals surface area contributed by atoms with Crippen molar-refractivity contribution in [2.24, 2.45) is 17.8 Å². The number of rotatable bonds is 4. The van der Waals surface area contributed by atoms with Crippen LogP contribution in [0.5, 0.6) is 0 Å². The van der Waals surface area contributed by atoms with Crippen molar-refractivity contribution in [3.63, 3.8) is 0 Å². The highest BCUT2D eigenvalue weighted by Crippen LogP contribution is 2.49. The van der Waals surface area contributed by atoms with Gasteiger partial charge in [0, 0.05) is 13.1 Å². The molecule has 4 nitrogen and oxygen atoms in total. The van der Waals surface area contributed by atoms with Gasteiger partial charge in [-0.15, -0.1) is 0 Å². The van der Waals surface area contributed by atoms with Crippen LogP contribution in [0.3, 0.4) is 0 Å². The highest BCUT2D eigenvalue weighted by Gasteiger charge is 2.38. The molecule has 1 N–H and O–H groups in total. The third kappa shape index (κ3) is 3.81. The lowest BCUT2D eigenvalue weighted by molar-refractivity contribution is -0.0154. The van der Waals surface area contributed by atoms with Crippen molar-refractivity contribution in [2.75, 3.05) is 26.2 Å². The van der Waals surface area contributed by atoms with Gasteiger partial charge in [0.25, 0.3) is 0 Å². The molecule has 4 atom stereocenters. The number of ether oxygens (including phenoxy) is 1. The molecule has 4 rings (SSSR count). The first-order valence-electron chi connectivity index (χ1n) is 9.59. The van der Waals surface area contributed by atoms with E-state index in [0.29, 0.717) is 19.7 Å². The lowest BCUT2D eigenvalue weighted by Gasteiger charge is -2.33. The van der Waals surface area contributed by atoms with E-state index >= 15 is 0 Å². The van der Waals surface area contributed by atoms with Crippen molar-refractivity contribution in [2.45, 2.75) is 38.2 Å². The predicted octanol–water partition coefficient (Wildman–Crippen LogP) is 3.73. The number of carbonyl (C=O) groups is 1. The van der Waals surface area contributed by atoms with Crippen LogP contribution in [0.4, 0.5) is 9.18 Å². The molecule has 25 heavy (non-hydrogen) atoms. The van der Waals surface area contributed by atoms with Crippen LogP contribution >= 0.6 is 0 Å². The Hall–Kier alpha value is -1.62. The Morgan fingerprint density at radius 1 is 1.24 bits per heavy atom. The number of urea groups is 1. The summed E-state index contributed by atoms with van der Waals surface area (Å²) in [5.74, 6) is 2.43. The van der Waals surface area contributed by atoms with Gasteiger partial charge in [0.2, 0.25) is 0 Å². The molecule has 1 aromatic rings. The fourth-order valence-corrected chi connectivity index (χ4v) is 4.92. The van der Waals surface area contributed by atoms with Crippen LogP contribution in [0, 0.1) is 23.6 Å². The second kappa shape index (κ2) is 7.32. The van der Waals surface area contributed by atoms with Gasteiger partial charge in [-0.05, 0) is 61.1 Å². The summed E-state index contributed by atoms with van der Waals surface area (Å²) in [4.78, 5) is 14.3. The van der Waals surface area contributed by atoms with E-state index in [1.807, 2.05) is 4.90 Å². The van der Waals surface area contributed by atoms with E-state index in [0.717, 1.165) is 36.3 Å². The number of amides is 2. The van der Waals surface area contributed by atoms with E-state index < -0.39 is 0 Å². The zero-order valence-electron chi connectivity index (χ0n) is 14.6. The summed E-state index contributed by atoms with van der Waals surface area (Å²) < 4.78 is 18.8. The topological polar surface area (TPSA) is 41.6 Å². The van der Waals surface area contributed by atoms with Crippen LogP contribution < -0.4 is 5.32 Å². The number of benzene rings is 1. The van der Waals surface area contributed by atoms with Gasteiger partial charge in [0.15, 0.2) is 0 Å². The van der Waals surface area contributed by atoms with E-state index in [-0.39, 0.29) is 18.0 Å². The average molecular weight is 346 g/mol. The van der Waals surface area contributed by atoms with Crippen LogP contribution in [-0.2, 0) is 4.74 Å². The third-order valence-electron chi connectivity index (χ3n) is 6.27. The fraction of sp³-hybridized carbons (Fsp3) is 0.650. The maximum absolute atomic E-state index is 13.1. The Morgan fingerprint density at radius 2 is 2.08 bits per heavy atom. The van der Waals surface area contributed by atoms with E-state index in [1.54, 1.807) is 12.1 Å². The average Bonchev–Trinajstić information content (AvgIpc) is 3.25. The Morgan fingerprint density at radius 3 is 2.80 bits per heavy atom. The molecule has 2 saturated carbocycles. The summed E-state index contributed by atoms with van der Waals surface area (Å²) in [6.45, 7) is 2.41. The highest BCUT2D eigenvalue weighted by atomic mass is 19.1. The Labute approximate surface area is 148 Å². The molecule has 3 fully saturated rings. The minimum atomic E-state index is -0.255. The van der Waals surface area contributed by atoms with Gasteiger partial charge >= 0.3 is 6.03 Å². The molecular formula is C20H27FN2O2. The molecule has 2 aliphatic carbocycles. The lowest BCUT2D eigenvalue weighted by Crippen LogP contribution is -2.47. The van der Waals surface area contributed by atoms with Crippen molar-refractivity contribution < 1.29 is 13.9 Å². The molecule has 3 aliphatic rings. The van der Waals surface area contributed by atoms with Gasteiger partial charge in [0.1, 0.15) is 11.9 Å². The molecule has 2 amide bonds. The largest absolute Gasteiger partial charge is 0.370 e. The van der Waals surface area contributed by atoms with E-state index in [2.05, 4.69) is 5.32 Å². The number of fused-ring (bicyclic) bond motifs is 2. The molecular weight excluding hydrogens is 319 g/mol. The minimum Gasteiger partial charge on any atom is -0.370 e. The van der Waals surface area contributed by atoms with Gasteiger partial charge in [-0.2, -0.15) is 0 Å². The van der Waals surface area contributed by atoms with Gasteiger partial charge in [-0.3, -0.25) is 0 Å². The number of hydrogen-bond donors (Lipinski definition) is 1. The first-order chi connectivity index (χ1) is 12.2. The van der Waals surface area contributed by atoms with E-state index in [1.165, 1.54) is 37.8 Å². The van der Waals surface area contributed by atoms with E-state index in [9.17, 15) is 9.18 Å². The molecule has 0 radical (unpaired) electrons. The first kappa shape index (κ1) is 16.8. The highest BCUT2D eigenvalue weighted by molar-refractivity contribution is 5.74. The van der Waals surface area contributed by atoms with Crippen molar-refractivity contribution in [3.8, 4) is 0 Å². The first-order valence-corrected chi connectivity index (χ1v) is 9.59. The molecule has 0 aromatic heterocycles. The zero-order valence-corrected chi connectivity index (χ0v) is 14.6. The van der Waals surface area contributed by atoms with E-state index in [4.69, 9.17) is 4.74 Å². The Balaban J connectivity index is 1.24. The second-order valence-corrected chi connectivity index (χ2v) is 7.81. The Kier molecular flexibility index (Phi) is 4.93. The molecule has 0 spiro atoms. The third-order valence-corrected chi connectivity index (χ3v) is 6.27. The molecule has 2 bridgehead atoms. The van der Waals surface area contributed by atoms with Crippen molar-refractivity contribution in [3.05, 3.63) is 35.6 Å². The molecule has 1 heterocycles. The molecule has 1 aromatic carbocycles. The number of carbonyl (C=O) groups excluding carboxylic acids is 1. The Bertz CT molecular complexity index is 606. The monoisotopic (exact) mass is 346 g/mol. The summed E-state index contributed by atoms with van der Waals surface area (Å²) >= 11 is 0. The normalized spacial score (nSPS) is 31.3. The van der Waals surface area contributed by atoms with Crippen LogP contribution in [0.1, 0.15) is 43.8 Å². The predicted molar refractivity (Wildman–Crippen MR) is 93.6 cm³/mol. The van der Waals surface area contributed by atoms with Gasteiger partial charge in [0.05, 0.1) is 13.2 Å². The van der Waals surface area contributed by atoms with Crippen molar-refractivity contribution >= 4 is 6.03 Å². The summed E-state index contributed by atoms with van der Waals surface area (Å²) in [5.41, 5.74) is 0.917. The van der Waals surface area contributed by atoms with Crippen LogP contribution in [-0.4, -0.2) is 37.2 Å². The number of hydrogen-bond acceptors (Lipinski definition) is 2. The summed E-state index contributed by atoms with van der Waals surface area (Å²) in [6, 6.07) is 6.34. The SMILES string of the molecule is O=C(NCC[C@@H]1C[C@H]2CC[C@H]1C2)N1CCO[C@H](c2ccc(F)cc2)C1. The smallest absolute Gasteiger partial charge is 0.317 e. The number of nitrogens with zero attached hydrogens (tertiary/aromatic N) is 1. The van der Waals surface area contributed by atoms with Gasteiger partial charge in [-0.1, -0.05) is 18.6 Å². The number of nitrogens with one attached hydrogen (secondary N) is 1. The summed E-state index contributed by atoms with van der Waals surface area (Å²) in [5, 5.41) is 3.09. The molecule has 0 unspecified atom stereocenters. The summed E-state index contributed by atoms with van der Waals surface area (Å²) in [7, 11) is 0. The minimum absolute atomic E-state index is 0.00133. The molecule has 1 aliphatic heterocycles.